The molecular weight excluding hydrogens is 326 g/mol. The molecule has 1 spiro atoms. The lowest BCUT2D eigenvalue weighted by Gasteiger charge is -2.44. The van der Waals surface area contributed by atoms with Crippen molar-refractivity contribution in [3.05, 3.63) is 54.6 Å². The second kappa shape index (κ2) is 6.48. The second-order valence-electron chi connectivity index (χ2n) is 7.13. The van der Waals surface area contributed by atoms with E-state index in [1.165, 1.54) is 0 Å². The Morgan fingerprint density at radius 3 is 2.46 bits per heavy atom. The van der Waals surface area contributed by atoms with Gasteiger partial charge in [0.25, 0.3) is 5.91 Å². The zero-order valence-electron chi connectivity index (χ0n) is 14.9. The van der Waals surface area contributed by atoms with Crippen molar-refractivity contribution in [3.8, 4) is 0 Å². The highest BCUT2D eigenvalue weighted by molar-refractivity contribution is 6.15. The SMILES string of the molecule is CN(CC(=O)N1c2ccccc2NC(=O)C12CCCC2)c1ccccc1. The van der Waals surface area contributed by atoms with Crippen molar-refractivity contribution in [1.29, 1.82) is 0 Å². The number of nitrogens with zero attached hydrogens (tertiary/aromatic N) is 2. The van der Waals surface area contributed by atoms with E-state index in [1.807, 2.05) is 66.5 Å². The summed E-state index contributed by atoms with van der Waals surface area (Å²) >= 11 is 0. The van der Waals surface area contributed by atoms with Crippen molar-refractivity contribution in [3.63, 3.8) is 0 Å². The molecule has 26 heavy (non-hydrogen) atoms. The molecule has 2 aromatic rings. The topological polar surface area (TPSA) is 52.7 Å². The Kier molecular flexibility index (Phi) is 4.15. The van der Waals surface area contributed by atoms with E-state index in [2.05, 4.69) is 5.32 Å². The number of hydrogen-bond donors (Lipinski definition) is 1. The minimum atomic E-state index is -0.747. The van der Waals surface area contributed by atoms with Crippen LogP contribution >= 0.6 is 0 Å². The Morgan fingerprint density at radius 2 is 1.73 bits per heavy atom. The molecule has 2 aliphatic rings. The molecule has 134 valence electrons. The van der Waals surface area contributed by atoms with Gasteiger partial charge in [0.05, 0.1) is 17.9 Å². The average molecular weight is 349 g/mol. The number of hydrogen-bond acceptors (Lipinski definition) is 3. The van der Waals surface area contributed by atoms with Crippen LogP contribution in [-0.4, -0.2) is 30.9 Å². The highest BCUT2D eigenvalue weighted by Gasteiger charge is 2.52. The van der Waals surface area contributed by atoms with Crippen LogP contribution in [0.2, 0.25) is 0 Å². The van der Waals surface area contributed by atoms with E-state index in [9.17, 15) is 9.59 Å². The predicted octanol–water partition coefficient (Wildman–Crippen LogP) is 3.42. The third-order valence-electron chi connectivity index (χ3n) is 5.49. The van der Waals surface area contributed by atoms with Gasteiger partial charge in [0.15, 0.2) is 0 Å². The van der Waals surface area contributed by atoms with Gasteiger partial charge in [-0.15, -0.1) is 0 Å². The van der Waals surface area contributed by atoms with Gasteiger partial charge in [0.2, 0.25) is 5.91 Å². The fourth-order valence-electron chi connectivity index (χ4n) is 4.18. The summed E-state index contributed by atoms with van der Waals surface area (Å²) in [5.74, 6) is -0.0926. The molecule has 1 N–H and O–H groups in total. The summed E-state index contributed by atoms with van der Waals surface area (Å²) in [4.78, 5) is 30.0. The maximum absolute atomic E-state index is 13.4. The monoisotopic (exact) mass is 349 g/mol. The Labute approximate surface area is 153 Å². The van der Waals surface area contributed by atoms with Crippen molar-refractivity contribution in [2.45, 2.75) is 31.2 Å². The fourth-order valence-corrected chi connectivity index (χ4v) is 4.18. The van der Waals surface area contributed by atoms with Crippen LogP contribution in [-0.2, 0) is 9.59 Å². The molecule has 0 radical (unpaired) electrons. The van der Waals surface area contributed by atoms with Crippen molar-refractivity contribution in [1.82, 2.24) is 0 Å². The predicted molar refractivity (Wildman–Crippen MR) is 103 cm³/mol. The molecule has 0 aromatic heterocycles. The lowest BCUT2D eigenvalue weighted by Crippen LogP contribution is -2.62. The van der Waals surface area contributed by atoms with E-state index < -0.39 is 5.54 Å². The minimum Gasteiger partial charge on any atom is -0.365 e. The Bertz CT molecular complexity index is 828. The zero-order chi connectivity index (χ0) is 18.1. The van der Waals surface area contributed by atoms with E-state index in [1.54, 1.807) is 4.90 Å². The van der Waals surface area contributed by atoms with E-state index in [0.717, 1.165) is 24.2 Å². The molecule has 2 amide bonds. The summed E-state index contributed by atoms with van der Waals surface area (Å²) < 4.78 is 0. The van der Waals surface area contributed by atoms with Gasteiger partial charge < -0.3 is 10.2 Å². The number of anilines is 3. The van der Waals surface area contributed by atoms with Gasteiger partial charge in [-0.25, -0.2) is 0 Å². The molecule has 0 bridgehead atoms. The molecule has 1 aliphatic carbocycles. The minimum absolute atomic E-state index is 0.0412. The first-order valence-electron chi connectivity index (χ1n) is 9.11. The summed E-state index contributed by atoms with van der Waals surface area (Å²) in [6, 6.07) is 17.4. The summed E-state index contributed by atoms with van der Waals surface area (Å²) in [5, 5.41) is 3.02. The van der Waals surface area contributed by atoms with Crippen LogP contribution in [0.25, 0.3) is 0 Å². The van der Waals surface area contributed by atoms with Crippen LogP contribution in [0, 0.1) is 0 Å². The molecule has 1 saturated carbocycles. The van der Waals surface area contributed by atoms with E-state index in [-0.39, 0.29) is 18.4 Å². The highest BCUT2D eigenvalue weighted by Crippen LogP contribution is 2.45. The first-order valence-corrected chi connectivity index (χ1v) is 9.11. The molecule has 0 saturated heterocycles. The Morgan fingerprint density at radius 1 is 1.08 bits per heavy atom. The van der Waals surface area contributed by atoms with Gasteiger partial charge >= 0.3 is 0 Å². The number of carbonyl (C=O) groups is 2. The van der Waals surface area contributed by atoms with E-state index in [4.69, 9.17) is 0 Å². The average Bonchev–Trinajstić information content (AvgIpc) is 3.14. The fraction of sp³-hybridized carbons (Fsp3) is 0.333. The van der Waals surface area contributed by atoms with Crippen molar-refractivity contribution in [2.75, 3.05) is 28.7 Å². The molecule has 5 heteroatoms. The Hall–Kier alpha value is -2.82. The standard InChI is InChI=1S/C21H23N3O2/c1-23(16-9-3-2-4-10-16)15-19(25)24-18-12-6-5-11-17(18)22-20(26)21(24)13-7-8-14-21/h2-6,9-12H,7-8,13-15H2,1H3,(H,22,26). The number of rotatable bonds is 3. The van der Waals surface area contributed by atoms with Crippen LogP contribution < -0.4 is 15.1 Å². The number of benzene rings is 2. The molecule has 1 aliphatic heterocycles. The second-order valence-corrected chi connectivity index (χ2v) is 7.13. The molecule has 0 atom stereocenters. The van der Waals surface area contributed by atoms with E-state index in [0.29, 0.717) is 18.5 Å². The van der Waals surface area contributed by atoms with Gasteiger partial charge in [0.1, 0.15) is 5.54 Å². The summed E-state index contributed by atoms with van der Waals surface area (Å²) in [5.41, 5.74) is 1.76. The maximum atomic E-state index is 13.4. The van der Waals surface area contributed by atoms with Crippen molar-refractivity contribution < 1.29 is 9.59 Å². The highest BCUT2D eigenvalue weighted by atomic mass is 16.2. The normalized spacial score (nSPS) is 17.7. The lowest BCUT2D eigenvalue weighted by atomic mass is 9.89. The van der Waals surface area contributed by atoms with Gasteiger partial charge in [-0.1, -0.05) is 43.2 Å². The number of para-hydroxylation sites is 3. The van der Waals surface area contributed by atoms with Crippen LogP contribution in [0.3, 0.4) is 0 Å². The molecule has 0 unspecified atom stereocenters. The van der Waals surface area contributed by atoms with E-state index >= 15 is 0 Å². The number of carbonyl (C=O) groups excluding carboxylic acids is 2. The van der Waals surface area contributed by atoms with Crippen molar-refractivity contribution >= 4 is 28.9 Å². The van der Waals surface area contributed by atoms with Crippen LogP contribution in [0.5, 0.6) is 0 Å². The van der Waals surface area contributed by atoms with Crippen molar-refractivity contribution in [2.24, 2.45) is 0 Å². The molecule has 5 nitrogen and oxygen atoms in total. The largest absolute Gasteiger partial charge is 0.365 e. The smallest absolute Gasteiger partial charge is 0.250 e. The Balaban J connectivity index is 1.69. The molecule has 1 fully saturated rings. The molecule has 1 heterocycles. The van der Waals surface area contributed by atoms with Gasteiger partial charge in [-0.2, -0.15) is 0 Å². The third kappa shape index (κ3) is 2.64. The van der Waals surface area contributed by atoms with Gasteiger partial charge in [-0.3, -0.25) is 14.5 Å². The number of nitrogens with one attached hydrogen (secondary N) is 1. The lowest BCUT2D eigenvalue weighted by molar-refractivity contribution is -0.126. The summed E-state index contributed by atoms with van der Waals surface area (Å²) in [6.45, 7) is 0.230. The molecule has 4 rings (SSSR count). The van der Waals surface area contributed by atoms with Gasteiger partial charge in [0, 0.05) is 12.7 Å². The quantitative estimate of drug-likeness (QED) is 0.924. The molecule has 2 aromatic carbocycles. The molecular formula is C21H23N3O2. The maximum Gasteiger partial charge on any atom is 0.250 e. The third-order valence-corrected chi connectivity index (χ3v) is 5.49. The zero-order valence-corrected chi connectivity index (χ0v) is 14.9. The summed E-state index contributed by atoms with van der Waals surface area (Å²) in [6.07, 6.45) is 3.36. The van der Waals surface area contributed by atoms with Crippen LogP contribution in [0.1, 0.15) is 25.7 Å². The number of amides is 2. The first-order chi connectivity index (χ1) is 12.6. The van der Waals surface area contributed by atoms with Gasteiger partial charge in [-0.05, 0) is 37.1 Å². The first kappa shape index (κ1) is 16.6. The van der Waals surface area contributed by atoms with Crippen LogP contribution in [0.4, 0.5) is 17.1 Å². The summed E-state index contributed by atoms with van der Waals surface area (Å²) in [7, 11) is 1.91. The number of fused-ring (bicyclic) bond motifs is 1. The van der Waals surface area contributed by atoms with Crippen LogP contribution in [0.15, 0.2) is 54.6 Å². The number of likely N-dealkylation sites (N-methyl/N-ethyl adjacent to an activating group) is 1.